The highest BCUT2D eigenvalue weighted by Crippen LogP contribution is 2.39. The molecule has 3 nitrogen and oxygen atoms in total. The van der Waals surface area contributed by atoms with Gasteiger partial charge in [0.2, 0.25) is 0 Å². The topological polar surface area (TPSA) is 41.5 Å². The summed E-state index contributed by atoms with van der Waals surface area (Å²) in [5.74, 6) is 1.97. The summed E-state index contributed by atoms with van der Waals surface area (Å²) in [5.41, 5.74) is -0.525. The van der Waals surface area contributed by atoms with Crippen LogP contribution in [0.3, 0.4) is 0 Å². The summed E-state index contributed by atoms with van der Waals surface area (Å²) in [6, 6.07) is 0. The largest absolute Gasteiger partial charge is 0.390 e. The molecule has 1 rings (SSSR count). The minimum absolute atomic E-state index is 0.459. The van der Waals surface area contributed by atoms with Crippen molar-refractivity contribution in [2.24, 2.45) is 17.8 Å². The number of methoxy groups -OCH3 is 1. The van der Waals surface area contributed by atoms with Crippen molar-refractivity contribution in [2.75, 3.05) is 26.8 Å². The van der Waals surface area contributed by atoms with Gasteiger partial charge in [0.15, 0.2) is 0 Å². The summed E-state index contributed by atoms with van der Waals surface area (Å²) < 4.78 is 4.99. The van der Waals surface area contributed by atoms with Crippen molar-refractivity contribution in [3.63, 3.8) is 0 Å². The van der Waals surface area contributed by atoms with Crippen molar-refractivity contribution in [3.8, 4) is 0 Å². The highest BCUT2D eigenvalue weighted by atomic mass is 16.5. The summed E-state index contributed by atoms with van der Waals surface area (Å²) in [4.78, 5) is 0. The first-order valence-electron chi connectivity index (χ1n) is 7.37. The van der Waals surface area contributed by atoms with E-state index in [-0.39, 0.29) is 0 Å². The molecule has 3 heteroatoms. The van der Waals surface area contributed by atoms with Gasteiger partial charge in [-0.15, -0.1) is 0 Å². The van der Waals surface area contributed by atoms with Crippen LogP contribution in [-0.2, 0) is 4.74 Å². The van der Waals surface area contributed by atoms with Gasteiger partial charge in [-0.1, -0.05) is 13.8 Å². The van der Waals surface area contributed by atoms with E-state index in [1.54, 1.807) is 7.11 Å². The van der Waals surface area contributed by atoms with Crippen LogP contribution in [0.5, 0.6) is 0 Å². The van der Waals surface area contributed by atoms with Gasteiger partial charge in [-0.25, -0.2) is 0 Å². The van der Waals surface area contributed by atoms with Gasteiger partial charge in [-0.3, -0.25) is 0 Å². The molecule has 0 radical (unpaired) electrons. The van der Waals surface area contributed by atoms with Crippen molar-refractivity contribution in [3.05, 3.63) is 0 Å². The van der Waals surface area contributed by atoms with Gasteiger partial charge in [0, 0.05) is 13.7 Å². The van der Waals surface area contributed by atoms with Crippen LogP contribution >= 0.6 is 0 Å². The van der Waals surface area contributed by atoms with Crippen LogP contribution in [-0.4, -0.2) is 37.5 Å². The SMILES string of the molecule is COCCNCCC(C)(O)C1CC(C)CC(C)C1. The molecule has 1 aliphatic rings. The average Bonchev–Trinajstić information content (AvgIpc) is 2.27. The summed E-state index contributed by atoms with van der Waals surface area (Å²) in [6.07, 6.45) is 4.50. The maximum absolute atomic E-state index is 10.7. The molecule has 0 aromatic heterocycles. The monoisotopic (exact) mass is 257 g/mol. The average molecular weight is 257 g/mol. The third-order valence-corrected chi connectivity index (χ3v) is 4.35. The van der Waals surface area contributed by atoms with E-state index in [1.165, 1.54) is 19.3 Å². The first kappa shape index (κ1) is 15.9. The summed E-state index contributed by atoms with van der Waals surface area (Å²) >= 11 is 0. The van der Waals surface area contributed by atoms with Crippen molar-refractivity contribution in [1.82, 2.24) is 5.32 Å². The molecule has 2 N–H and O–H groups in total. The summed E-state index contributed by atoms with van der Waals surface area (Å²) in [5, 5.41) is 14.0. The molecule has 0 bridgehead atoms. The summed E-state index contributed by atoms with van der Waals surface area (Å²) in [7, 11) is 1.71. The second kappa shape index (κ2) is 7.46. The van der Waals surface area contributed by atoms with E-state index in [0.717, 1.165) is 38.0 Å². The lowest BCUT2D eigenvalue weighted by atomic mass is 9.69. The van der Waals surface area contributed by atoms with Crippen molar-refractivity contribution < 1.29 is 9.84 Å². The van der Waals surface area contributed by atoms with Crippen LogP contribution < -0.4 is 5.32 Å². The second-order valence-corrected chi connectivity index (χ2v) is 6.46. The Kier molecular flexibility index (Phi) is 6.61. The number of rotatable bonds is 7. The van der Waals surface area contributed by atoms with Crippen molar-refractivity contribution in [1.29, 1.82) is 0 Å². The minimum Gasteiger partial charge on any atom is -0.390 e. The lowest BCUT2D eigenvalue weighted by Crippen LogP contribution is -2.41. The maximum atomic E-state index is 10.7. The molecule has 3 atom stereocenters. The summed E-state index contributed by atoms with van der Waals surface area (Å²) in [6.45, 7) is 9.12. The van der Waals surface area contributed by atoms with Crippen molar-refractivity contribution >= 4 is 0 Å². The van der Waals surface area contributed by atoms with Gasteiger partial charge in [0.1, 0.15) is 0 Å². The molecule has 0 aliphatic heterocycles. The third-order valence-electron chi connectivity index (χ3n) is 4.35. The molecule has 1 fully saturated rings. The van der Waals surface area contributed by atoms with E-state index in [0.29, 0.717) is 5.92 Å². The van der Waals surface area contributed by atoms with Gasteiger partial charge >= 0.3 is 0 Å². The number of hydrogen-bond donors (Lipinski definition) is 2. The van der Waals surface area contributed by atoms with E-state index in [2.05, 4.69) is 19.2 Å². The fourth-order valence-electron chi connectivity index (χ4n) is 3.30. The fraction of sp³-hybridized carbons (Fsp3) is 1.00. The highest BCUT2D eigenvalue weighted by molar-refractivity contribution is 4.88. The Balaban J connectivity index is 2.32. The molecule has 3 unspecified atom stereocenters. The van der Waals surface area contributed by atoms with E-state index in [4.69, 9.17) is 4.74 Å². The Hall–Kier alpha value is -0.120. The highest BCUT2D eigenvalue weighted by Gasteiger charge is 2.36. The molecule has 0 heterocycles. The smallest absolute Gasteiger partial charge is 0.0660 e. The molecule has 1 aliphatic carbocycles. The van der Waals surface area contributed by atoms with E-state index in [1.807, 2.05) is 6.92 Å². The number of ether oxygens (including phenoxy) is 1. The predicted molar refractivity (Wildman–Crippen MR) is 75.7 cm³/mol. The zero-order valence-electron chi connectivity index (χ0n) is 12.5. The molecule has 1 saturated carbocycles. The van der Waals surface area contributed by atoms with Crippen LogP contribution in [0.1, 0.15) is 46.5 Å². The Morgan fingerprint density at radius 3 is 2.33 bits per heavy atom. The second-order valence-electron chi connectivity index (χ2n) is 6.46. The third kappa shape index (κ3) is 5.25. The molecule has 0 spiro atoms. The first-order valence-corrected chi connectivity index (χ1v) is 7.37. The molecule has 0 aromatic carbocycles. The lowest BCUT2D eigenvalue weighted by Gasteiger charge is -2.40. The van der Waals surface area contributed by atoms with Gasteiger partial charge in [-0.2, -0.15) is 0 Å². The molecule has 18 heavy (non-hydrogen) atoms. The van der Waals surface area contributed by atoms with E-state index >= 15 is 0 Å². The zero-order chi connectivity index (χ0) is 13.6. The van der Waals surface area contributed by atoms with Crippen LogP contribution in [0.4, 0.5) is 0 Å². The quantitative estimate of drug-likeness (QED) is 0.688. The Labute approximate surface area is 112 Å². The van der Waals surface area contributed by atoms with Gasteiger partial charge in [0.05, 0.1) is 12.2 Å². The maximum Gasteiger partial charge on any atom is 0.0660 e. The van der Waals surface area contributed by atoms with Crippen LogP contribution in [0, 0.1) is 17.8 Å². The van der Waals surface area contributed by atoms with Gasteiger partial charge in [0.25, 0.3) is 0 Å². The zero-order valence-corrected chi connectivity index (χ0v) is 12.5. The van der Waals surface area contributed by atoms with E-state index in [9.17, 15) is 5.11 Å². The van der Waals surface area contributed by atoms with Gasteiger partial charge in [-0.05, 0) is 56.9 Å². The Bertz CT molecular complexity index is 221. The van der Waals surface area contributed by atoms with Crippen molar-refractivity contribution in [2.45, 2.75) is 52.1 Å². The first-order chi connectivity index (χ1) is 8.45. The number of hydrogen-bond acceptors (Lipinski definition) is 3. The Morgan fingerprint density at radius 1 is 1.17 bits per heavy atom. The predicted octanol–water partition coefficient (Wildman–Crippen LogP) is 2.44. The number of nitrogens with one attached hydrogen (secondary N) is 1. The van der Waals surface area contributed by atoms with Crippen LogP contribution in [0.15, 0.2) is 0 Å². The molecular formula is C15H31NO2. The molecule has 108 valence electrons. The standard InChI is InChI=1S/C15H31NO2/c1-12-9-13(2)11-14(10-12)15(3,17)5-6-16-7-8-18-4/h12-14,16-17H,5-11H2,1-4H3. The van der Waals surface area contributed by atoms with Crippen LogP contribution in [0.2, 0.25) is 0 Å². The fourth-order valence-corrected chi connectivity index (χ4v) is 3.30. The normalized spacial score (nSPS) is 32.2. The van der Waals surface area contributed by atoms with E-state index < -0.39 is 5.60 Å². The minimum atomic E-state index is -0.525. The van der Waals surface area contributed by atoms with Crippen LogP contribution in [0.25, 0.3) is 0 Å². The molecule has 0 aromatic rings. The number of aliphatic hydroxyl groups is 1. The molecule has 0 saturated heterocycles. The Morgan fingerprint density at radius 2 is 1.78 bits per heavy atom. The van der Waals surface area contributed by atoms with Gasteiger partial charge < -0.3 is 15.2 Å². The molecule has 0 amide bonds. The lowest BCUT2D eigenvalue weighted by molar-refractivity contribution is -0.0394. The molecular weight excluding hydrogens is 226 g/mol.